The summed E-state index contributed by atoms with van der Waals surface area (Å²) < 4.78 is 20.2. The number of nitrogens with two attached hydrogens (primary N) is 2. The minimum Gasteiger partial charge on any atom is -0.442 e. The number of benzene rings is 2. The predicted octanol–water partition coefficient (Wildman–Crippen LogP) is 2.32. The molecular weight excluding hydrogens is 477 g/mol. The minimum atomic E-state index is -0.932. The number of ether oxygens (including phenoxy) is 1. The Morgan fingerprint density at radius 2 is 1.92 bits per heavy atom. The first-order chi connectivity index (χ1) is 17.7. The molecule has 1 aliphatic heterocycles. The van der Waals surface area contributed by atoms with E-state index in [1.165, 1.54) is 17.9 Å². The average Bonchev–Trinajstić information content (AvgIpc) is 3.29. The molecule has 0 aliphatic carbocycles. The van der Waals surface area contributed by atoms with Crippen molar-refractivity contribution in [2.24, 2.45) is 11.5 Å². The van der Waals surface area contributed by atoms with Crippen molar-refractivity contribution in [3.8, 4) is 11.1 Å². The van der Waals surface area contributed by atoms with Crippen LogP contribution in [0.15, 0.2) is 67.0 Å². The predicted molar refractivity (Wildman–Crippen MR) is 136 cm³/mol. The van der Waals surface area contributed by atoms with Crippen LogP contribution in [0.5, 0.6) is 0 Å². The number of carbonyl (C=O) groups is 3. The second-order valence-corrected chi connectivity index (χ2v) is 8.92. The van der Waals surface area contributed by atoms with Gasteiger partial charge in [0.1, 0.15) is 23.7 Å². The number of pyridine rings is 1. The lowest BCUT2D eigenvalue weighted by atomic mass is 10.0. The molecule has 1 aromatic heterocycles. The zero-order valence-electron chi connectivity index (χ0n) is 20.3. The van der Waals surface area contributed by atoms with E-state index in [0.29, 0.717) is 23.2 Å². The van der Waals surface area contributed by atoms with Crippen molar-refractivity contribution in [3.63, 3.8) is 0 Å². The van der Waals surface area contributed by atoms with E-state index in [4.69, 9.17) is 16.2 Å². The molecule has 10 heteroatoms. The molecule has 192 valence electrons. The summed E-state index contributed by atoms with van der Waals surface area (Å²) in [4.78, 5) is 41.4. The van der Waals surface area contributed by atoms with Crippen molar-refractivity contribution in [2.45, 2.75) is 38.1 Å². The van der Waals surface area contributed by atoms with E-state index in [1.54, 1.807) is 54.9 Å². The van der Waals surface area contributed by atoms with Crippen LogP contribution in [0.3, 0.4) is 0 Å². The Morgan fingerprint density at radius 1 is 1.16 bits per heavy atom. The molecule has 2 aromatic carbocycles. The topological polar surface area (TPSA) is 141 Å². The molecule has 1 saturated heterocycles. The summed E-state index contributed by atoms with van der Waals surface area (Å²) in [6.45, 7) is 1.67. The SMILES string of the molecule is CC(=O)[C@@H](N)C1CN(c2ccc(-c3ccc(CNC(=O)C(N)Cc4cccnc4)cc3)c(F)c2)C(=O)O1. The maximum Gasteiger partial charge on any atom is 0.414 e. The van der Waals surface area contributed by atoms with E-state index in [2.05, 4.69) is 10.3 Å². The largest absolute Gasteiger partial charge is 0.442 e. The molecule has 2 unspecified atom stereocenters. The zero-order valence-corrected chi connectivity index (χ0v) is 20.3. The highest BCUT2D eigenvalue weighted by Crippen LogP contribution is 2.29. The first-order valence-corrected chi connectivity index (χ1v) is 11.8. The number of Topliss-reactive ketones (excluding diaryl/α,β-unsaturated/α-hetero) is 1. The van der Waals surface area contributed by atoms with Gasteiger partial charge < -0.3 is 21.5 Å². The van der Waals surface area contributed by atoms with Gasteiger partial charge in [-0.05, 0) is 54.3 Å². The number of nitrogens with zero attached hydrogens (tertiary/aromatic N) is 2. The number of amides is 2. The third-order valence-corrected chi connectivity index (χ3v) is 6.22. The molecule has 5 N–H and O–H groups in total. The number of cyclic esters (lactones) is 1. The summed E-state index contributed by atoms with van der Waals surface area (Å²) in [6, 6.07) is 13.5. The minimum absolute atomic E-state index is 0.0602. The van der Waals surface area contributed by atoms with Gasteiger partial charge in [0.25, 0.3) is 0 Å². The molecule has 1 fully saturated rings. The lowest BCUT2D eigenvalue weighted by molar-refractivity contribution is -0.122. The van der Waals surface area contributed by atoms with E-state index in [-0.39, 0.29) is 24.8 Å². The molecule has 3 aromatic rings. The highest BCUT2D eigenvalue weighted by molar-refractivity contribution is 5.92. The summed E-state index contributed by atoms with van der Waals surface area (Å²) in [5.74, 6) is -1.09. The van der Waals surface area contributed by atoms with Crippen LogP contribution in [0.4, 0.5) is 14.9 Å². The molecule has 0 saturated carbocycles. The average molecular weight is 506 g/mol. The fourth-order valence-corrected chi connectivity index (χ4v) is 4.04. The number of hydrogen-bond donors (Lipinski definition) is 3. The number of halogens is 1. The van der Waals surface area contributed by atoms with Crippen molar-refractivity contribution < 1.29 is 23.5 Å². The first kappa shape index (κ1) is 25.9. The summed E-state index contributed by atoms with van der Waals surface area (Å²) >= 11 is 0. The molecule has 2 heterocycles. The maximum atomic E-state index is 15.0. The Labute approximate surface area is 213 Å². The second-order valence-electron chi connectivity index (χ2n) is 8.92. The molecule has 37 heavy (non-hydrogen) atoms. The van der Waals surface area contributed by atoms with Crippen molar-refractivity contribution in [3.05, 3.63) is 83.9 Å². The number of aromatic nitrogens is 1. The van der Waals surface area contributed by atoms with Gasteiger partial charge in [0.05, 0.1) is 18.3 Å². The van der Waals surface area contributed by atoms with Gasteiger partial charge in [0, 0.05) is 24.5 Å². The fraction of sp³-hybridized carbons (Fsp3) is 0.259. The van der Waals surface area contributed by atoms with Gasteiger partial charge in [-0.25, -0.2) is 9.18 Å². The van der Waals surface area contributed by atoms with Crippen molar-refractivity contribution in [1.29, 1.82) is 0 Å². The Kier molecular flexibility index (Phi) is 7.90. The summed E-state index contributed by atoms with van der Waals surface area (Å²) in [5, 5.41) is 2.81. The lowest BCUT2D eigenvalue weighted by Crippen LogP contribution is -2.43. The van der Waals surface area contributed by atoms with Crippen molar-refractivity contribution >= 4 is 23.5 Å². The Hall–Kier alpha value is -4.15. The van der Waals surface area contributed by atoms with E-state index in [0.717, 1.165) is 11.1 Å². The number of nitrogens with one attached hydrogen (secondary N) is 1. The highest BCUT2D eigenvalue weighted by atomic mass is 19.1. The Morgan fingerprint density at radius 3 is 2.57 bits per heavy atom. The molecule has 2 amide bonds. The van der Waals surface area contributed by atoms with Crippen LogP contribution in [-0.4, -0.2) is 47.5 Å². The van der Waals surface area contributed by atoms with Gasteiger partial charge in [-0.2, -0.15) is 0 Å². The van der Waals surface area contributed by atoms with E-state index in [9.17, 15) is 18.8 Å². The van der Waals surface area contributed by atoms with Gasteiger partial charge in [0.2, 0.25) is 5.91 Å². The normalized spacial score (nSPS) is 16.7. The van der Waals surface area contributed by atoms with Gasteiger partial charge in [-0.3, -0.25) is 19.5 Å². The number of hydrogen-bond acceptors (Lipinski definition) is 7. The maximum absolute atomic E-state index is 15.0. The lowest BCUT2D eigenvalue weighted by Gasteiger charge is -2.16. The van der Waals surface area contributed by atoms with Crippen molar-refractivity contribution in [1.82, 2.24) is 10.3 Å². The van der Waals surface area contributed by atoms with E-state index in [1.807, 2.05) is 6.07 Å². The van der Waals surface area contributed by atoms with Crippen LogP contribution in [0.25, 0.3) is 11.1 Å². The number of anilines is 1. The highest BCUT2D eigenvalue weighted by Gasteiger charge is 2.37. The molecule has 0 radical (unpaired) electrons. The monoisotopic (exact) mass is 505 g/mol. The molecule has 3 atom stereocenters. The van der Waals surface area contributed by atoms with Crippen LogP contribution >= 0.6 is 0 Å². The van der Waals surface area contributed by atoms with Crippen LogP contribution in [-0.2, 0) is 27.3 Å². The van der Waals surface area contributed by atoms with Gasteiger partial charge >= 0.3 is 6.09 Å². The fourth-order valence-electron chi connectivity index (χ4n) is 4.04. The number of ketones is 1. The van der Waals surface area contributed by atoms with Crippen LogP contribution < -0.4 is 21.7 Å². The standard InChI is InChI=1S/C27H28FN5O4/c1-16(34)25(30)24-15-33(27(36)37-24)20-8-9-21(22(28)12-20)19-6-4-17(5-7-19)14-32-26(35)23(29)11-18-3-2-10-31-13-18/h2-10,12-13,23-25H,11,14-15,29-30H2,1H3,(H,32,35)/t23?,24?,25-/m1/s1. The number of carbonyl (C=O) groups excluding carboxylic acids is 3. The zero-order chi connectivity index (χ0) is 26.5. The van der Waals surface area contributed by atoms with E-state index < -0.39 is 30.1 Å². The number of rotatable bonds is 9. The molecule has 4 rings (SSSR count). The smallest absolute Gasteiger partial charge is 0.414 e. The van der Waals surface area contributed by atoms with Crippen molar-refractivity contribution in [2.75, 3.05) is 11.4 Å². The second kappa shape index (κ2) is 11.3. The molecule has 0 spiro atoms. The quantitative estimate of drug-likeness (QED) is 0.405. The molecular formula is C27H28FN5O4. The van der Waals surface area contributed by atoms with Crippen LogP contribution in [0.1, 0.15) is 18.1 Å². The molecule has 1 aliphatic rings. The third kappa shape index (κ3) is 6.16. The molecule has 9 nitrogen and oxygen atoms in total. The van der Waals surface area contributed by atoms with Gasteiger partial charge in [-0.15, -0.1) is 0 Å². The van der Waals surface area contributed by atoms with E-state index >= 15 is 0 Å². The Bertz CT molecular complexity index is 1290. The van der Waals surface area contributed by atoms with Crippen LogP contribution in [0.2, 0.25) is 0 Å². The summed E-state index contributed by atoms with van der Waals surface area (Å²) in [5.41, 5.74) is 14.8. The first-order valence-electron chi connectivity index (χ1n) is 11.8. The summed E-state index contributed by atoms with van der Waals surface area (Å²) in [7, 11) is 0. The third-order valence-electron chi connectivity index (χ3n) is 6.22. The molecule has 0 bridgehead atoms. The van der Waals surface area contributed by atoms with Gasteiger partial charge in [0.15, 0.2) is 0 Å². The van der Waals surface area contributed by atoms with Crippen LogP contribution in [0, 0.1) is 5.82 Å². The summed E-state index contributed by atoms with van der Waals surface area (Å²) in [6.07, 6.45) is 2.25. The Balaban J connectivity index is 1.36. The van der Waals surface area contributed by atoms with Gasteiger partial charge in [-0.1, -0.05) is 30.3 Å².